The zero-order valence-electron chi connectivity index (χ0n) is 17.8. The highest BCUT2D eigenvalue weighted by molar-refractivity contribution is 7.14. The number of methoxy groups -OCH3 is 1. The summed E-state index contributed by atoms with van der Waals surface area (Å²) >= 11 is 1.27. The van der Waals surface area contributed by atoms with E-state index >= 15 is 0 Å². The van der Waals surface area contributed by atoms with Crippen molar-refractivity contribution in [2.45, 2.75) is 58.1 Å². The third-order valence-electron chi connectivity index (χ3n) is 4.87. The standard InChI is InChI=1S/C24H29NO4S/c1-4-5-6-7-9-18(2)21(26)14-11-19-12-16-23(27)25(19)17-8-10-20-13-15-22(30-20)24(28)29-3/h11,13-15,18-19,21,26H,4-5,9,12,16-17H2,1-3H3/t18-,19-,21-/m0/s1. The second-order valence-corrected chi connectivity index (χ2v) is 8.33. The number of carbonyl (C=O) groups is 2. The van der Waals surface area contributed by atoms with Crippen LogP contribution in [-0.2, 0) is 9.53 Å². The minimum atomic E-state index is -0.590. The molecule has 0 unspecified atom stereocenters. The van der Waals surface area contributed by atoms with Gasteiger partial charge in [-0.3, -0.25) is 4.79 Å². The molecule has 1 aromatic heterocycles. The van der Waals surface area contributed by atoms with Gasteiger partial charge in [0.15, 0.2) is 0 Å². The highest BCUT2D eigenvalue weighted by atomic mass is 32.1. The number of amides is 1. The molecule has 30 heavy (non-hydrogen) atoms. The summed E-state index contributed by atoms with van der Waals surface area (Å²) in [6, 6.07) is 3.39. The molecule has 1 saturated heterocycles. The Morgan fingerprint density at radius 3 is 2.93 bits per heavy atom. The summed E-state index contributed by atoms with van der Waals surface area (Å²) < 4.78 is 4.69. The molecule has 1 aromatic rings. The summed E-state index contributed by atoms with van der Waals surface area (Å²) in [6.07, 6.45) is 6.87. The number of nitrogens with zero attached hydrogens (tertiary/aromatic N) is 1. The molecule has 2 rings (SSSR count). The third kappa shape index (κ3) is 7.06. The van der Waals surface area contributed by atoms with E-state index in [1.54, 1.807) is 23.1 Å². The number of hydrogen-bond donors (Lipinski definition) is 1. The molecule has 0 radical (unpaired) electrons. The Morgan fingerprint density at radius 2 is 2.20 bits per heavy atom. The van der Waals surface area contributed by atoms with Gasteiger partial charge in [0.25, 0.3) is 0 Å². The maximum absolute atomic E-state index is 12.2. The van der Waals surface area contributed by atoms with E-state index in [1.807, 2.05) is 13.0 Å². The molecule has 5 nitrogen and oxygen atoms in total. The molecule has 3 atom stereocenters. The number of esters is 1. The second-order valence-electron chi connectivity index (χ2n) is 7.25. The van der Waals surface area contributed by atoms with E-state index < -0.39 is 6.10 Å². The van der Waals surface area contributed by atoms with Gasteiger partial charge in [0.2, 0.25) is 5.91 Å². The fourth-order valence-corrected chi connectivity index (χ4v) is 3.79. The molecular weight excluding hydrogens is 398 g/mol. The lowest BCUT2D eigenvalue weighted by Gasteiger charge is -2.20. The van der Waals surface area contributed by atoms with Crippen LogP contribution < -0.4 is 0 Å². The van der Waals surface area contributed by atoms with Gasteiger partial charge in [-0.15, -0.1) is 23.2 Å². The SMILES string of the molecule is CCCC#CC[C@H](C)[C@@H](O)C=C[C@H]1CCC(=O)N1CC#Cc1ccc(C(=O)OC)s1. The Bertz CT molecular complexity index is 880. The Morgan fingerprint density at radius 1 is 1.40 bits per heavy atom. The molecule has 0 aromatic carbocycles. The van der Waals surface area contributed by atoms with Crippen molar-refractivity contribution in [3.05, 3.63) is 34.0 Å². The van der Waals surface area contributed by atoms with Gasteiger partial charge < -0.3 is 14.7 Å². The van der Waals surface area contributed by atoms with Crippen molar-refractivity contribution in [2.75, 3.05) is 13.7 Å². The topological polar surface area (TPSA) is 66.8 Å². The first kappa shape index (κ1) is 23.7. The van der Waals surface area contributed by atoms with Crippen LogP contribution in [0.1, 0.15) is 60.5 Å². The number of carbonyl (C=O) groups excluding carboxylic acids is 2. The lowest BCUT2D eigenvalue weighted by Crippen LogP contribution is -2.32. The molecule has 0 saturated carbocycles. The van der Waals surface area contributed by atoms with Crippen LogP contribution in [0.3, 0.4) is 0 Å². The molecular formula is C24H29NO4S. The molecule has 6 heteroatoms. The summed E-state index contributed by atoms with van der Waals surface area (Å²) in [4.78, 5) is 26.7. The quantitative estimate of drug-likeness (QED) is 0.410. The minimum absolute atomic E-state index is 0.0405. The summed E-state index contributed by atoms with van der Waals surface area (Å²) in [6.45, 7) is 4.38. The zero-order valence-corrected chi connectivity index (χ0v) is 18.6. The van der Waals surface area contributed by atoms with Crippen LogP contribution in [0.5, 0.6) is 0 Å². The lowest BCUT2D eigenvalue weighted by molar-refractivity contribution is -0.127. The van der Waals surface area contributed by atoms with E-state index in [4.69, 9.17) is 4.74 Å². The fourth-order valence-electron chi connectivity index (χ4n) is 2.99. The molecule has 1 fully saturated rings. The second kappa shape index (κ2) is 12.2. The van der Waals surface area contributed by atoms with Crippen molar-refractivity contribution in [3.8, 4) is 23.7 Å². The largest absolute Gasteiger partial charge is 0.465 e. The van der Waals surface area contributed by atoms with E-state index in [1.165, 1.54) is 18.4 Å². The van der Waals surface area contributed by atoms with Crippen molar-refractivity contribution >= 4 is 23.2 Å². The highest BCUT2D eigenvalue weighted by Crippen LogP contribution is 2.21. The molecule has 0 spiro atoms. The number of aliphatic hydroxyl groups is 1. The molecule has 2 heterocycles. The van der Waals surface area contributed by atoms with Crippen molar-refractivity contribution in [2.24, 2.45) is 5.92 Å². The number of hydrogen-bond acceptors (Lipinski definition) is 5. The minimum Gasteiger partial charge on any atom is -0.465 e. The number of rotatable bonds is 7. The van der Waals surface area contributed by atoms with E-state index in [-0.39, 0.29) is 23.8 Å². The van der Waals surface area contributed by atoms with Crippen LogP contribution in [0.15, 0.2) is 24.3 Å². The molecule has 1 aliphatic heterocycles. The summed E-state index contributed by atoms with van der Waals surface area (Å²) in [5.41, 5.74) is 0. The smallest absolute Gasteiger partial charge is 0.348 e. The first-order chi connectivity index (χ1) is 14.5. The summed E-state index contributed by atoms with van der Waals surface area (Å²) in [7, 11) is 1.34. The average molecular weight is 428 g/mol. The maximum atomic E-state index is 12.2. The van der Waals surface area contributed by atoms with E-state index in [9.17, 15) is 14.7 Å². The summed E-state index contributed by atoms with van der Waals surface area (Å²) in [5, 5.41) is 10.4. The van der Waals surface area contributed by atoms with Crippen molar-refractivity contribution in [1.29, 1.82) is 0 Å². The van der Waals surface area contributed by atoms with Crippen LogP contribution in [0.2, 0.25) is 0 Å². The molecule has 1 amide bonds. The Kier molecular flexibility index (Phi) is 9.67. The Hall–Kier alpha value is -2.54. The molecule has 1 N–H and O–H groups in total. The zero-order chi connectivity index (χ0) is 21.9. The highest BCUT2D eigenvalue weighted by Gasteiger charge is 2.28. The molecule has 0 bridgehead atoms. The number of likely N-dealkylation sites (tertiary alicyclic amines) is 1. The summed E-state index contributed by atoms with van der Waals surface area (Å²) in [5.74, 6) is 12.0. The van der Waals surface area contributed by atoms with Gasteiger partial charge in [0.1, 0.15) is 4.88 Å². The predicted molar refractivity (Wildman–Crippen MR) is 119 cm³/mol. The maximum Gasteiger partial charge on any atom is 0.348 e. The van der Waals surface area contributed by atoms with Gasteiger partial charge in [-0.25, -0.2) is 4.79 Å². The van der Waals surface area contributed by atoms with Crippen LogP contribution >= 0.6 is 11.3 Å². The predicted octanol–water partition coefficient (Wildman–Crippen LogP) is 3.62. The van der Waals surface area contributed by atoms with Gasteiger partial charge in [-0.2, -0.15) is 0 Å². The first-order valence-electron chi connectivity index (χ1n) is 10.2. The van der Waals surface area contributed by atoms with Gasteiger partial charge in [0, 0.05) is 19.3 Å². The van der Waals surface area contributed by atoms with Crippen LogP contribution in [-0.4, -0.2) is 47.7 Å². The third-order valence-corrected chi connectivity index (χ3v) is 5.85. The number of ether oxygens (including phenoxy) is 1. The Balaban J connectivity index is 1.93. The molecule has 160 valence electrons. The van der Waals surface area contributed by atoms with Crippen molar-refractivity contribution < 1.29 is 19.4 Å². The lowest BCUT2D eigenvalue weighted by atomic mass is 10.00. The van der Waals surface area contributed by atoms with Crippen LogP contribution in [0.25, 0.3) is 0 Å². The van der Waals surface area contributed by atoms with Crippen LogP contribution in [0, 0.1) is 29.6 Å². The average Bonchev–Trinajstić information content (AvgIpc) is 3.36. The first-order valence-corrected chi connectivity index (χ1v) is 11.1. The number of thiophene rings is 1. The Labute approximate surface area is 183 Å². The van der Waals surface area contributed by atoms with Crippen LogP contribution in [0.4, 0.5) is 0 Å². The number of aliphatic hydroxyl groups excluding tert-OH is 1. The van der Waals surface area contributed by atoms with Gasteiger partial charge in [0.05, 0.1) is 30.7 Å². The number of unbranched alkanes of at least 4 members (excludes halogenated alkanes) is 1. The van der Waals surface area contributed by atoms with Crippen molar-refractivity contribution in [1.82, 2.24) is 4.90 Å². The van der Waals surface area contributed by atoms with E-state index in [0.29, 0.717) is 24.3 Å². The molecule has 1 aliphatic rings. The van der Waals surface area contributed by atoms with E-state index in [2.05, 4.69) is 30.6 Å². The van der Waals surface area contributed by atoms with E-state index in [0.717, 1.165) is 24.1 Å². The monoisotopic (exact) mass is 427 g/mol. The van der Waals surface area contributed by atoms with Gasteiger partial charge in [-0.1, -0.05) is 37.8 Å². The molecule has 0 aliphatic carbocycles. The fraction of sp³-hybridized carbons (Fsp3) is 0.500. The normalized spacial score (nSPS) is 17.8. The van der Waals surface area contributed by atoms with Gasteiger partial charge >= 0.3 is 5.97 Å². The van der Waals surface area contributed by atoms with Gasteiger partial charge in [-0.05, 0) is 30.9 Å². The van der Waals surface area contributed by atoms with Crippen molar-refractivity contribution in [3.63, 3.8) is 0 Å².